The van der Waals surface area contributed by atoms with Crippen molar-refractivity contribution < 1.29 is 4.74 Å². The van der Waals surface area contributed by atoms with Gasteiger partial charge in [0.05, 0.1) is 6.61 Å². The molecule has 1 atom stereocenters. The van der Waals surface area contributed by atoms with Gasteiger partial charge in [0.25, 0.3) is 0 Å². The molecule has 1 aromatic carbocycles. The summed E-state index contributed by atoms with van der Waals surface area (Å²) in [5.41, 5.74) is 1.30. The lowest BCUT2D eigenvalue weighted by Gasteiger charge is -2.14. The molecule has 96 valence electrons. The third-order valence-electron chi connectivity index (χ3n) is 2.69. The van der Waals surface area contributed by atoms with E-state index in [1.54, 1.807) is 0 Å². The number of benzene rings is 1. The van der Waals surface area contributed by atoms with Crippen LogP contribution in [-0.2, 0) is 4.74 Å². The first kappa shape index (κ1) is 14.7. The molecule has 17 heavy (non-hydrogen) atoms. The van der Waals surface area contributed by atoms with Gasteiger partial charge >= 0.3 is 0 Å². The van der Waals surface area contributed by atoms with E-state index in [0.29, 0.717) is 6.04 Å². The van der Waals surface area contributed by atoms with Gasteiger partial charge in [-0.2, -0.15) is 0 Å². The molecule has 0 heterocycles. The summed E-state index contributed by atoms with van der Waals surface area (Å²) in [7, 11) is 0. The predicted molar refractivity (Wildman–Crippen MR) is 76.3 cm³/mol. The second-order valence-corrected chi connectivity index (χ2v) is 5.11. The van der Waals surface area contributed by atoms with Crippen LogP contribution in [-0.4, -0.2) is 19.8 Å². The van der Waals surface area contributed by atoms with Gasteiger partial charge in [-0.15, -0.1) is 0 Å². The van der Waals surface area contributed by atoms with Gasteiger partial charge in [-0.3, -0.25) is 0 Å². The maximum Gasteiger partial charge on any atom is 0.0591 e. The van der Waals surface area contributed by atoms with E-state index in [9.17, 15) is 0 Å². The molecule has 0 saturated heterocycles. The summed E-state index contributed by atoms with van der Waals surface area (Å²) in [6.07, 6.45) is 2.35. The van der Waals surface area contributed by atoms with Gasteiger partial charge in [-0.05, 0) is 31.0 Å². The highest BCUT2D eigenvalue weighted by atomic mass is 79.9. The van der Waals surface area contributed by atoms with Crippen LogP contribution in [0, 0.1) is 0 Å². The quantitative estimate of drug-likeness (QED) is 0.735. The van der Waals surface area contributed by atoms with Gasteiger partial charge in [0, 0.05) is 23.7 Å². The minimum Gasteiger partial charge on any atom is -0.380 e. The Morgan fingerprint density at radius 2 is 2.18 bits per heavy atom. The minimum atomic E-state index is 0.363. The van der Waals surface area contributed by atoms with Gasteiger partial charge in [0.15, 0.2) is 0 Å². The lowest BCUT2D eigenvalue weighted by Crippen LogP contribution is -2.23. The van der Waals surface area contributed by atoms with Gasteiger partial charge in [-0.1, -0.05) is 41.4 Å². The fourth-order valence-corrected chi connectivity index (χ4v) is 2.01. The maximum atomic E-state index is 5.51. The fourth-order valence-electron chi connectivity index (χ4n) is 1.59. The average Bonchev–Trinajstić information content (AvgIpc) is 2.33. The van der Waals surface area contributed by atoms with E-state index >= 15 is 0 Å². The Morgan fingerprint density at radius 3 is 2.88 bits per heavy atom. The molecular weight excluding hydrogens is 278 g/mol. The number of rotatable bonds is 8. The summed E-state index contributed by atoms with van der Waals surface area (Å²) < 4.78 is 6.64. The molecule has 0 aliphatic rings. The van der Waals surface area contributed by atoms with Crippen LogP contribution in [0.25, 0.3) is 0 Å². The van der Waals surface area contributed by atoms with E-state index in [-0.39, 0.29) is 0 Å². The molecule has 1 N–H and O–H groups in total. The Kier molecular flexibility index (Phi) is 7.49. The van der Waals surface area contributed by atoms with Crippen molar-refractivity contribution in [3.8, 4) is 0 Å². The molecule has 1 aromatic rings. The van der Waals surface area contributed by atoms with E-state index in [0.717, 1.165) is 30.7 Å². The zero-order valence-corrected chi connectivity index (χ0v) is 12.3. The monoisotopic (exact) mass is 299 g/mol. The Balaban J connectivity index is 2.19. The van der Waals surface area contributed by atoms with E-state index < -0.39 is 0 Å². The molecule has 3 heteroatoms. The number of hydrogen-bond acceptors (Lipinski definition) is 2. The van der Waals surface area contributed by atoms with Crippen molar-refractivity contribution in [3.05, 3.63) is 34.3 Å². The number of nitrogens with one attached hydrogen (secondary N) is 1. The van der Waals surface area contributed by atoms with Crippen LogP contribution in [0.3, 0.4) is 0 Å². The summed E-state index contributed by atoms with van der Waals surface area (Å²) in [6.45, 7) is 6.92. The number of ether oxygens (including phenoxy) is 1. The summed E-state index contributed by atoms with van der Waals surface area (Å²) in [4.78, 5) is 0. The Hall–Kier alpha value is -0.380. The Labute approximate surface area is 113 Å². The second kappa shape index (κ2) is 8.67. The van der Waals surface area contributed by atoms with Gasteiger partial charge in [0.2, 0.25) is 0 Å². The molecule has 0 aliphatic heterocycles. The van der Waals surface area contributed by atoms with E-state index in [2.05, 4.69) is 53.3 Å². The van der Waals surface area contributed by atoms with Gasteiger partial charge in [-0.25, -0.2) is 0 Å². The van der Waals surface area contributed by atoms with Crippen LogP contribution in [0.5, 0.6) is 0 Å². The molecule has 1 unspecified atom stereocenters. The molecule has 0 amide bonds. The number of hydrogen-bond donors (Lipinski definition) is 1. The molecule has 0 saturated carbocycles. The summed E-state index contributed by atoms with van der Waals surface area (Å²) in [6, 6.07) is 8.76. The minimum absolute atomic E-state index is 0.363. The van der Waals surface area contributed by atoms with Crippen molar-refractivity contribution >= 4 is 15.9 Å². The number of unbranched alkanes of at least 4 members (excludes halogenated alkanes) is 1. The molecule has 0 spiro atoms. The molecule has 0 radical (unpaired) electrons. The van der Waals surface area contributed by atoms with Crippen LogP contribution < -0.4 is 5.32 Å². The fraction of sp³-hybridized carbons (Fsp3) is 0.571. The first-order chi connectivity index (χ1) is 8.24. The van der Waals surface area contributed by atoms with Crippen molar-refractivity contribution in [2.24, 2.45) is 0 Å². The van der Waals surface area contributed by atoms with Gasteiger partial charge < -0.3 is 10.1 Å². The largest absolute Gasteiger partial charge is 0.380 e. The summed E-state index contributed by atoms with van der Waals surface area (Å²) in [5.74, 6) is 0. The molecule has 0 aliphatic carbocycles. The van der Waals surface area contributed by atoms with Crippen molar-refractivity contribution in [2.45, 2.75) is 32.7 Å². The average molecular weight is 300 g/mol. The third kappa shape index (κ3) is 6.20. The number of halogens is 1. The topological polar surface area (TPSA) is 21.3 Å². The van der Waals surface area contributed by atoms with E-state index in [1.807, 2.05) is 6.07 Å². The van der Waals surface area contributed by atoms with Crippen molar-refractivity contribution in [2.75, 3.05) is 19.8 Å². The molecular formula is C14H22BrNO. The van der Waals surface area contributed by atoms with Crippen LogP contribution in [0.1, 0.15) is 38.3 Å². The van der Waals surface area contributed by atoms with Crippen molar-refractivity contribution in [1.29, 1.82) is 0 Å². The normalized spacial score (nSPS) is 12.6. The molecule has 1 rings (SSSR count). The molecule has 0 aromatic heterocycles. The van der Waals surface area contributed by atoms with E-state index in [1.165, 1.54) is 12.0 Å². The smallest absolute Gasteiger partial charge is 0.0591 e. The predicted octanol–water partition coefficient (Wildman–Crippen LogP) is 3.92. The molecule has 2 nitrogen and oxygen atoms in total. The summed E-state index contributed by atoms with van der Waals surface area (Å²) >= 11 is 3.49. The molecule has 0 fully saturated rings. The SMILES string of the molecule is CCCCOCCNC(C)c1cccc(Br)c1. The first-order valence-electron chi connectivity index (χ1n) is 6.30. The maximum absolute atomic E-state index is 5.51. The second-order valence-electron chi connectivity index (χ2n) is 4.20. The van der Waals surface area contributed by atoms with Crippen LogP contribution in [0.2, 0.25) is 0 Å². The van der Waals surface area contributed by atoms with Crippen molar-refractivity contribution in [3.63, 3.8) is 0 Å². The van der Waals surface area contributed by atoms with Crippen molar-refractivity contribution in [1.82, 2.24) is 5.32 Å². The van der Waals surface area contributed by atoms with Crippen LogP contribution in [0.15, 0.2) is 28.7 Å². The molecule has 0 bridgehead atoms. The highest BCUT2D eigenvalue weighted by molar-refractivity contribution is 9.10. The van der Waals surface area contributed by atoms with Gasteiger partial charge in [0.1, 0.15) is 0 Å². The Morgan fingerprint density at radius 1 is 1.35 bits per heavy atom. The summed E-state index contributed by atoms with van der Waals surface area (Å²) in [5, 5.41) is 3.46. The van der Waals surface area contributed by atoms with Crippen LogP contribution in [0.4, 0.5) is 0 Å². The Bertz CT molecular complexity index is 317. The lowest BCUT2D eigenvalue weighted by atomic mass is 10.1. The van der Waals surface area contributed by atoms with E-state index in [4.69, 9.17) is 4.74 Å². The standard InChI is InChI=1S/C14H22BrNO/c1-3-4-9-17-10-8-16-12(2)13-6-5-7-14(15)11-13/h5-7,11-12,16H,3-4,8-10H2,1-2H3. The first-order valence-corrected chi connectivity index (χ1v) is 7.10. The highest BCUT2D eigenvalue weighted by Gasteiger charge is 2.04. The van der Waals surface area contributed by atoms with Crippen LogP contribution >= 0.6 is 15.9 Å². The lowest BCUT2D eigenvalue weighted by molar-refractivity contribution is 0.131. The highest BCUT2D eigenvalue weighted by Crippen LogP contribution is 2.17. The zero-order valence-electron chi connectivity index (χ0n) is 10.7. The zero-order chi connectivity index (χ0) is 12.5. The third-order valence-corrected chi connectivity index (χ3v) is 3.18.